The average Bonchev–Trinajstić information content (AvgIpc) is 3.55. The van der Waals surface area contributed by atoms with Gasteiger partial charge in [-0.25, -0.2) is 8.42 Å². The van der Waals surface area contributed by atoms with Gasteiger partial charge in [0.2, 0.25) is 5.91 Å². The van der Waals surface area contributed by atoms with Gasteiger partial charge in [0, 0.05) is 29.7 Å². The van der Waals surface area contributed by atoms with E-state index in [1.54, 1.807) is 29.7 Å². The lowest BCUT2D eigenvalue weighted by molar-refractivity contribution is -0.275. The van der Waals surface area contributed by atoms with E-state index in [-0.39, 0.29) is 28.2 Å². The second-order valence-electron chi connectivity index (χ2n) is 10.1. The fraction of sp³-hybridized carbons (Fsp3) is 0.200. The zero-order valence-corrected chi connectivity index (χ0v) is 24.4. The Morgan fingerprint density at radius 3 is 2.00 bits per heavy atom. The molecule has 2 aromatic heterocycles. The molecule has 1 amide bonds. The number of rotatable bonds is 10. The Bertz CT molecular complexity index is 1950. The van der Waals surface area contributed by atoms with Gasteiger partial charge in [0.05, 0.1) is 4.90 Å². The zero-order chi connectivity index (χ0) is 33.3. The molecule has 1 atom stereocenters. The first-order valence-corrected chi connectivity index (χ1v) is 14.9. The molecule has 0 fully saturated rings. The summed E-state index contributed by atoms with van der Waals surface area (Å²) in [6.07, 6.45) is -8.91. The summed E-state index contributed by atoms with van der Waals surface area (Å²) < 4.78 is 118. The molecule has 9 nitrogen and oxygen atoms in total. The molecule has 1 N–H and O–H groups in total. The lowest BCUT2D eigenvalue weighted by Gasteiger charge is -2.17. The standard InChI is InChI=1S/C30H23F6N3O6S/c1-18-14-27(38-45-18)37-28(40)25(15-19-6-10-21(11-7-19)43-29(31,32)33)46(41,42)26-17-39(24-5-3-2-4-23(24)26)16-20-8-12-22(13-9-20)44-30(34,35)36/h2-14,17,25H,15-16H2,1H3,(H,37,38,40). The van der Waals surface area contributed by atoms with Gasteiger partial charge in [0.15, 0.2) is 15.7 Å². The topological polar surface area (TPSA) is 113 Å². The van der Waals surface area contributed by atoms with Crippen molar-refractivity contribution in [1.82, 2.24) is 9.72 Å². The van der Waals surface area contributed by atoms with Crippen LogP contribution in [0.15, 0.2) is 94.5 Å². The number of carbonyl (C=O) groups excluding carboxylic acids is 1. The predicted molar refractivity (Wildman–Crippen MR) is 152 cm³/mol. The number of ether oxygens (including phenoxy) is 2. The Labute approximate surface area is 257 Å². The lowest BCUT2D eigenvalue weighted by Crippen LogP contribution is -2.37. The van der Waals surface area contributed by atoms with Crippen LogP contribution in [0.5, 0.6) is 11.5 Å². The number of hydrogen-bond donors (Lipinski definition) is 1. The number of amides is 1. The van der Waals surface area contributed by atoms with Gasteiger partial charge in [-0.2, -0.15) is 0 Å². The third-order valence-electron chi connectivity index (χ3n) is 6.69. The van der Waals surface area contributed by atoms with Crippen LogP contribution in [0.3, 0.4) is 0 Å². The molecule has 0 saturated carbocycles. The highest BCUT2D eigenvalue weighted by molar-refractivity contribution is 7.93. The highest BCUT2D eigenvalue weighted by atomic mass is 32.2. The van der Waals surface area contributed by atoms with Crippen LogP contribution < -0.4 is 14.8 Å². The molecule has 5 aromatic rings. The summed E-state index contributed by atoms with van der Waals surface area (Å²) >= 11 is 0. The van der Waals surface area contributed by atoms with Gasteiger partial charge in [-0.15, -0.1) is 26.3 Å². The molecule has 0 aliphatic carbocycles. The first kappa shape index (κ1) is 32.4. The van der Waals surface area contributed by atoms with Crippen LogP contribution >= 0.6 is 0 Å². The Balaban J connectivity index is 1.50. The summed E-state index contributed by atoms with van der Waals surface area (Å²) in [6.45, 7) is 1.62. The van der Waals surface area contributed by atoms with Gasteiger partial charge in [0.25, 0.3) is 0 Å². The molecule has 0 bridgehead atoms. The molecule has 0 radical (unpaired) electrons. The number of anilines is 1. The number of hydrogen-bond acceptors (Lipinski definition) is 7. The number of aromatic nitrogens is 2. The number of aryl methyl sites for hydroxylation is 1. The van der Waals surface area contributed by atoms with Crippen LogP contribution in [0.1, 0.15) is 16.9 Å². The Morgan fingerprint density at radius 1 is 0.891 bits per heavy atom. The van der Waals surface area contributed by atoms with E-state index in [2.05, 4.69) is 19.9 Å². The van der Waals surface area contributed by atoms with Crippen molar-refractivity contribution in [2.24, 2.45) is 0 Å². The quantitative estimate of drug-likeness (QED) is 0.163. The molecule has 2 heterocycles. The fourth-order valence-corrected chi connectivity index (χ4v) is 6.55. The highest BCUT2D eigenvalue weighted by Crippen LogP contribution is 2.32. The van der Waals surface area contributed by atoms with Crippen molar-refractivity contribution >= 4 is 32.5 Å². The van der Waals surface area contributed by atoms with Crippen LogP contribution in [0.2, 0.25) is 0 Å². The molecule has 16 heteroatoms. The van der Waals surface area contributed by atoms with Crippen LogP contribution in [0.25, 0.3) is 10.9 Å². The van der Waals surface area contributed by atoms with Gasteiger partial charge < -0.3 is 23.9 Å². The maximum Gasteiger partial charge on any atom is 0.573 e. The van der Waals surface area contributed by atoms with Crippen LogP contribution in [0.4, 0.5) is 32.2 Å². The van der Waals surface area contributed by atoms with E-state index in [1.165, 1.54) is 42.6 Å². The van der Waals surface area contributed by atoms with Gasteiger partial charge in [-0.1, -0.05) is 47.6 Å². The number of halogens is 6. The molecule has 5 rings (SSSR count). The highest BCUT2D eigenvalue weighted by Gasteiger charge is 2.37. The molecule has 242 valence electrons. The van der Waals surface area contributed by atoms with E-state index in [9.17, 15) is 39.6 Å². The van der Waals surface area contributed by atoms with E-state index < -0.39 is 51.6 Å². The summed E-state index contributed by atoms with van der Waals surface area (Å²) in [5.41, 5.74) is 1.20. The molecule has 0 saturated heterocycles. The Morgan fingerprint density at radius 2 is 1.46 bits per heavy atom. The first-order valence-electron chi connectivity index (χ1n) is 13.3. The summed E-state index contributed by atoms with van der Waals surface area (Å²) in [4.78, 5) is 13.3. The number of benzene rings is 3. The second kappa shape index (κ2) is 12.4. The van der Waals surface area contributed by atoms with E-state index in [4.69, 9.17) is 4.52 Å². The number of para-hydroxylation sites is 1. The summed E-state index contributed by atoms with van der Waals surface area (Å²) in [6, 6.07) is 17.3. The molecular weight excluding hydrogens is 644 g/mol. The zero-order valence-electron chi connectivity index (χ0n) is 23.6. The Hall–Kier alpha value is -4.99. The molecular formula is C30H23F6N3O6S. The second-order valence-corrected chi connectivity index (χ2v) is 12.2. The third-order valence-corrected chi connectivity index (χ3v) is 8.76. The van der Waals surface area contributed by atoms with Gasteiger partial charge in [0.1, 0.15) is 22.5 Å². The summed E-state index contributed by atoms with van der Waals surface area (Å²) in [5, 5.41) is 4.58. The van der Waals surface area contributed by atoms with Crippen molar-refractivity contribution in [3.63, 3.8) is 0 Å². The fourth-order valence-electron chi connectivity index (χ4n) is 4.73. The number of fused-ring (bicyclic) bond motifs is 1. The largest absolute Gasteiger partial charge is 0.573 e. The van der Waals surface area contributed by atoms with Crippen molar-refractivity contribution in [2.75, 3.05) is 5.32 Å². The minimum Gasteiger partial charge on any atom is -0.406 e. The van der Waals surface area contributed by atoms with Crippen molar-refractivity contribution in [3.05, 3.63) is 102 Å². The summed E-state index contributed by atoms with van der Waals surface area (Å²) in [7, 11) is -4.52. The minimum absolute atomic E-state index is 0.0444. The monoisotopic (exact) mass is 667 g/mol. The number of nitrogens with zero attached hydrogens (tertiary/aromatic N) is 2. The molecule has 0 aliphatic heterocycles. The maximum atomic E-state index is 14.3. The van der Waals surface area contributed by atoms with E-state index in [0.717, 1.165) is 24.3 Å². The van der Waals surface area contributed by atoms with Crippen LogP contribution in [-0.2, 0) is 27.6 Å². The van der Waals surface area contributed by atoms with E-state index in [1.807, 2.05) is 0 Å². The van der Waals surface area contributed by atoms with Crippen molar-refractivity contribution < 1.29 is 53.6 Å². The van der Waals surface area contributed by atoms with Crippen LogP contribution in [0, 0.1) is 6.92 Å². The minimum atomic E-state index is -4.93. The van der Waals surface area contributed by atoms with Crippen molar-refractivity contribution in [1.29, 1.82) is 0 Å². The van der Waals surface area contributed by atoms with Gasteiger partial charge in [-0.05, 0) is 54.8 Å². The third kappa shape index (κ3) is 7.80. The first-order chi connectivity index (χ1) is 21.6. The predicted octanol–water partition coefficient (Wildman–Crippen LogP) is 6.81. The molecule has 46 heavy (non-hydrogen) atoms. The van der Waals surface area contributed by atoms with Gasteiger partial charge >= 0.3 is 12.7 Å². The normalized spacial score (nSPS) is 13.0. The molecule has 0 aliphatic rings. The number of carbonyl (C=O) groups is 1. The Kier molecular flexibility index (Phi) is 8.75. The smallest absolute Gasteiger partial charge is 0.406 e. The number of alkyl halides is 6. The number of sulfone groups is 1. The maximum absolute atomic E-state index is 14.3. The van der Waals surface area contributed by atoms with E-state index >= 15 is 0 Å². The van der Waals surface area contributed by atoms with Crippen molar-refractivity contribution in [2.45, 2.75) is 42.8 Å². The SMILES string of the molecule is Cc1cc(NC(=O)C(Cc2ccc(OC(F)(F)F)cc2)S(=O)(=O)c2cn(Cc3ccc(OC(F)(F)F)cc3)c3ccccc23)no1. The van der Waals surface area contributed by atoms with Crippen LogP contribution in [-0.4, -0.2) is 42.0 Å². The molecule has 0 spiro atoms. The van der Waals surface area contributed by atoms with Crippen molar-refractivity contribution in [3.8, 4) is 11.5 Å². The average molecular weight is 668 g/mol. The lowest BCUT2D eigenvalue weighted by atomic mass is 10.1. The van der Waals surface area contributed by atoms with Gasteiger partial charge in [-0.3, -0.25) is 4.79 Å². The summed E-state index contributed by atoms with van der Waals surface area (Å²) in [5.74, 6) is -1.63. The number of nitrogens with one attached hydrogen (secondary N) is 1. The molecule has 1 unspecified atom stereocenters. The van der Waals surface area contributed by atoms with E-state index in [0.29, 0.717) is 16.8 Å². The molecule has 3 aromatic carbocycles.